The van der Waals surface area contributed by atoms with E-state index < -0.39 is 17.7 Å². The van der Waals surface area contributed by atoms with Gasteiger partial charge >= 0.3 is 12.1 Å². The number of carboxylic acids is 1. The van der Waals surface area contributed by atoms with Gasteiger partial charge in [0.1, 0.15) is 16.6 Å². The monoisotopic (exact) mass is 506 g/mol. The van der Waals surface area contributed by atoms with Gasteiger partial charge in [-0.3, -0.25) is 5.41 Å². The van der Waals surface area contributed by atoms with Gasteiger partial charge in [-0.1, -0.05) is 11.8 Å². The van der Waals surface area contributed by atoms with Crippen molar-refractivity contribution in [3.05, 3.63) is 15.8 Å². The minimum atomic E-state index is -1.02. The molecule has 1 aliphatic heterocycles. The molecule has 0 saturated carbocycles. The first kappa shape index (κ1) is 28.3. The molecule has 0 bridgehead atoms. The summed E-state index contributed by atoms with van der Waals surface area (Å²) >= 11 is 1.13. The van der Waals surface area contributed by atoms with Crippen molar-refractivity contribution in [3.8, 4) is 11.8 Å². The Morgan fingerprint density at radius 2 is 2.00 bits per heavy atom. The average Bonchev–Trinajstić information content (AvgIpc) is 3.14. The molecule has 194 valence electrons. The third-order valence-corrected chi connectivity index (χ3v) is 5.94. The Balaban J connectivity index is 1.88. The average molecular weight is 507 g/mol. The number of amides is 1. The van der Waals surface area contributed by atoms with Crippen LogP contribution in [0.5, 0.6) is 0 Å². The lowest BCUT2D eigenvalue weighted by atomic mass is 9.98. The van der Waals surface area contributed by atoms with Crippen LogP contribution >= 0.6 is 11.3 Å². The van der Waals surface area contributed by atoms with Crippen molar-refractivity contribution >= 4 is 35.1 Å². The van der Waals surface area contributed by atoms with Crippen LogP contribution in [0.1, 0.15) is 68.9 Å². The molecular formula is C25H38N4O5S. The maximum atomic E-state index is 12.6. The zero-order chi connectivity index (χ0) is 26.4. The minimum Gasteiger partial charge on any atom is -0.477 e. The molecule has 0 aromatic carbocycles. The summed E-state index contributed by atoms with van der Waals surface area (Å²) in [6.45, 7) is 13.5. The normalized spacial score (nSPS) is 16.1. The van der Waals surface area contributed by atoms with Crippen LogP contribution in [0, 0.1) is 22.7 Å². The van der Waals surface area contributed by atoms with Crippen LogP contribution in [-0.4, -0.2) is 77.9 Å². The Morgan fingerprint density at radius 3 is 2.60 bits per heavy atom. The van der Waals surface area contributed by atoms with Crippen molar-refractivity contribution in [2.45, 2.75) is 66.1 Å². The molecule has 10 heteroatoms. The van der Waals surface area contributed by atoms with Crippen LogP contribution in [0.4, 0.5) is 10.5 Å². The Kier molecular flexibility index (Phi) is 9.44. The first-order valence-electron chi connectivity index (χ1n) is 11.7. The lowest BCUT2D eigenvalue weighted by Gasteiger charge is -2.36. The van der Waals surface area contributed by atoms with Crippen LogP contribution in [0.15, 0.2) is 6.07 Å². The molecule has 3 N–H and O–H groups in total. The summed E-state index contributed by atoms with van der Waals surface area (Å²) in [5, 5.41) is 20.8. The first-order valence-corrected chi connectivity index (χ1v) is 12.5. The van der Waals surface area contributed by atoms with Crippen LogP contribution in [0.25, 0.3) is 0 Å². The van der Waals surface area contributed by atoms with Gasteiger partial charge in [-0.05, 0) is 60.5 Å². The molecule has 1 aliphatic rings. The zero-order valence-corrected chi connectivity index (χ0v) is 22.6. The third-order valence-electron chi connectivity index (χ3n) is 4.90. The number of hydrogen-bond donors (Lipinski definition) is 3. The molecule has 35 heavy (non-hydrogen) atoms. The number of likely N-dealkylation sites (tertiary alicyclic amines) is 1. The molecule has 1 aromatic heterocycles. The molecule has 9 nitrogen and oxygen atoms in total. The van der Waals surface area contributed by atoms with E-state index in [4.69, 9.17) is 14.9 Å². The number of rotatable bonds is 6. The number of thiophene rings is 1. The number of hydrogen-bond acceptors (Lipinski definition) is 7. The van der Waals surface area contributed by atoms with Gasteiger partial charge in [0.05, 0.1) is 17.1 Å². The van der Waals surface area contributed by atoms with Gasteiger partial charge in [0.15, 0.2) is 0 Å². The van der Waals surface area contributed by atoms with Crippen molar-refractivity contribution in [2.24, 2.45) is 5.41 Å². The van der Waals surface area contributed by atoms with Crippen molar-refractivity contribution in [2.75, 3.05) is 38.5 Å². The number of carboxylic acid groups (broad SMARTS) is 1. The van der Waals surface area contributed by atoms with E-state index in [0.29, 0.717) is 36.7 Å². The summed E-state index contributed by atoms with van der Waals surface area (Å²) in [5.41, 5.74) is -0.154. The molecule has 1 aromatic rings. The predicted octanol–water partition coefficient (Wildman–Crippen LogP) is 4.54. The van der Waals surface area contributed by atoms with Gasteiger partial charge in [-0.2, -0.15) is 0 Å². The standard InChI is InChI=1S/C25H38N4O5S/c1-24(2,3)11-10-18-15-19(20(35-18)21(30)31)27-12-14-28(7)23(32)33-17-9-8-13-29(16-17)22(26)34-25(4,5)6/h15,17,26-27H,8-9,12-14,16H2,1-7H3,(H,30,31)/t17-/m1/s1. The van der Waals surface area contributed by atoms with Crippen LogP contribution in [-0.2, 0) is 9.47 Å². The number of anilines is 1. The van der Waals surface area contributed by atoms with Gasteiger partial charge in [0.2, 0.25) is 0 Å². The highest BCUT2D eigenvalue weighted by atomic mass is 32.1. The summed E-state index contributed by atoms with van der Waals surface area (Å²) < 4.78 is 11.3. The molecule has 2 rings (SSSR count). The van der Waals surface area contributed by atoms with E-state index in [0.717, 1.165) is 24.2 Å². The molecule has 2 heterocycles. The number of aromatic carboxylic acids is 1. The number of nitrogens with one attached hydrogen (secondary N) is 2. The highest BCUT2D eigenvalue weighted by Gasteiger charge is 2.28. The van der Waals surface area contributed by atoms with Gasteiger partial charge < -0.3 is 29.7 Å². The maximum absolute atomic E-state index is 12.6. The van der Waals surface area contributed by atoms with Crippen molar-refractivity contribution < 1.29 is 24.2 Å². The van der Waals surface area contributed by atoms with E-state index in [1.165, 1.54) is 4.90 Å². The SMILES string of the molecule is CN(CCNc1cc(C#CC(C)(C)C)sc1C(=O)O)C(=O)O[C@@H]1CCCN(C(=N)OC(C)(C)C)C1. The number of amidine groups is 1. The molecule has 0 unspecified atom stereocenters. The fraction of sp³-hybridized carbons (Fsp3) is 0.640. The molecule has 0 aliphatic carbocycles. The minimum absolute atomic E-state index is 0.0901. The lowest BCUT2D eigenvalue weighted by Crippen LogP contribution is -2.47. The van der Waals surface area contributed by atoms with Crippen LogP contribution in [0.2, 0.25) is 0 Å². The van der Waals surface area contributed by atoms with E-state index >= 15 is 0 Å². The molecule has 1 saturated heterocycles. The topological polar surface area (TPSA) is 115 Å². The van der Waals surface area contributed by atoms with E-state index in [2.05, 4.69) is 17.2 Å². The molecule has 0 spiro atoms. The number of nitrogens with zero attached hydrogens (tertiary/aromatic N) is 2. The predicted molar refractivity (Wildman–Crippen MR) is 138 cm³/mol. The number of carbonyl (C=O) groups is 2. The molecule has 1 fully saturated rings. The van der Waals surface area contributed by atoms with Gasteiger partial charge in [0, 0.05) is 32.1 Å². The summed E-state index contributed by atoms with van der Waals surface area (Å²) in [6, 6.07) is 1.82. The lowest BCUT2D eigenvalue weighted by molar-refractivity contribution is 0.0239. The highest BCUT2D eigenvalue weighted by molar-refractivity contribution is 7.15. The molecule has 1 amide bonds. The van der Waals surface area contributed by atoms with Gasteiger partial charge in [-0.25, -0.2) is 9.59 Å². The maximum Gasteiger partial charge on any atom is 0.409 e. The summed E-state index contributed by atoms with van der Waals surface area (Å²) in [7, 11) is 1.64. The van der Waals surface area contributed by atoms with E-state index in [9.17, 15) is 14.7 Å². The van der Waals surface area contributed by atoms with Gasteiger partial charge in [-0.15, -0.1) is 11.3 Å². The number of ether oxygens (including phenoxy) is 2. The number of piperidine rings is 1. The van der Waals surface area contributed by atoms with Crippen molar-refractivity contribution in [3.63, 3.8) is 0 Å². The Morgan fingerprint density at radius 1 is 1.31 bits per heavy atom. The molecular weight excluding hydrogens is 468 g/mol. The Labute approximate surface area is 212 Å². The van der Waals surface area contributed by atoms with E-state index in [-0.39, 0.29) is 22.4 Å². The van der Waals surface area contributed by atoms with E-state index in [1.807, 2.05) is 41.5 Å². The molecule has 1 atom stereocenters. The largest absolute Gasteiger partial charge is 0.477 e. The smallest absolute Gasteiger partial charge is 0.409 e. The highest BCUT2D eigenvalue weighted by Crippen LogP contribution is 2.27. The number of carbonyl (C=O) groups excluding carboxylic acids is 1. The zero-order valence-electron chi connectivity index (χ0n) is 21.8. The van der Waals surface area contributed by atoms with Crippen LogP contribution < -0.4 is 5.32 Å². The van der Waals surface area contributed by atoms with Crippen molar-refractivity contribution in [1.29, 1.82) is 5.41 Å². The quantitative estimate of drug-likeness (QED) is 0.295. The first-order chi connectivity index (χ1) is 16.1. The second-order valence-electron chi connectivity index (χ2n) is 10.6. The second-order valence-corrected chi connectivity index (χ2v) is 11.7. The summed E-state index contributed by atoms with van der Waals surface area (Å²) in [6.07, 6.45) is 0.750. The fourth-order valence-electron chi connectivity index (χ4n) is 3.25. The fourth-order valence-corrected chi connectivity index (χ4v) is 4.07. The molecule has 0 radical (unpaired) electrons. The third kappa shape index (κ3) is 9.68. The number of likely N-dealkylation sites (N-methyl/N-ethyl adjacent to an activating group) is 1. The summed E-state index contributed by atoms with van der Waals surface area (Å²) in [4.78, 5) is 28.3. The second kappa shape index (κ2) is 11.7. The van der Waals surface area contributed by atoms with E-state index in [1.54, 1.807) is 18.0 Å². The Hall–Kier alpha value is -2.93. The van der Waals surface area contributed by atoms with Crippen molar-refractivity contribution in [1.82, 2.24) is 9.80 Å². The van der Waals surface area contributed by atoms with Crippen LogP contribution in [0.3, 0.4) is 0 Å². The van der Waals surface area contributed by atoms with Gasteiger partial charge in [0.25, 0.3) is 6.02 Å². The summed E-state index contributed by atoms with van der Waals surface area (Å²) in [5.74, 6) is 5.14. The Bertz CT molecular complexity index is 981.